The van der Waals surface area contributed by atoms with Crippen LogP contribution in [0.5, 0.6) is 5.75 Å². The van der Waals surface area contributed by atoms with E-state index in [4.69, 9.17) is 14.9 Å². The first-order valence-corrected chi connectivity index (χ1v) is 8.39. The van der Waals surface area contributed by atoms with Crippen LogP contribution in [0.15, 0.2) is 88.3 Å². The van der Waals surface area contributed by atoms with Crippen molar-refractivity contribution < 1.29 is 9.15 Å². The van der Waals surface area contributed by atoms with Gasteiger partial charge < -0.3 is 20.2 Å². The molecular weight excluding hydrogens is 326 g/mol. The molecule has 0 saturated heterocycles. The van der Waals surface area contributed by atoms with Crippen molar-refractivity contribution in [3.63, 3.8) is 0 Å². The molecule has 0 fully saturated rings. The number of nitrogens with zero attached hydrogens (tertiary/aromatic N) is 1. The van der Waals surface area contributed by atoms with Crippen LogP contribution < -0.4 is 15.8 Å². The lowest BCUT2D eigenvalue weighted by molar-refractivity contribution is 0.329. The van der Waals surface area contributed by atoms with Gasteiger partial charge in [-0.25, -0.2) is 0 Å². The van der Waals surface area contributed by atoms with Gasteiger partial charge in [-0.1, -0.05) is 24.8 Å². The molecule has 0 spiro atoms. The van der Waals surface area contributed by atoms with Gasteiger partial charge in [-0.15, -0.1) is 0 Å². The van der Waals surface area contributed by atoms with Crippen LogP contribution in [-0.4, -0.2) is 19.0 Å². The van der Waals surface area contributed by atoms with Crippen molar-refractivity contribution in [2.24, 2.45) is 10.7 Å². The number of allylic oxidation sites excluding steroid dienone is 3. The molecule has 3 N–H and O–H groups in total. The van der Waals surface area contributed by atoms with Gasteiger partial charge in [-0.3, -0.25) is 4.99 Å². The molecule has 0 atom stereocenters. The molecular formula is C21H25N3O2. The zero-order valence-corrected chi connectivity index (χ0v) is 15.2. The molecule has 1 aromatic heterocycles. The summed E-state index contributed by atoms with van der Waals surface area (Å²) in [7, 11) is 0. The molecule has 0 aliphatic carbocycles. The Kier molecular flexibility index (Phi) is 7.31. The molecule has 2 aromatic rings. The first-order chi connectivity index (χ1) is 12.5. The Bertz CT molecular complexity index is 784. The minimum atomic E-state index is 0.473. The fourth-order valence-electron chi connectivity index (χ4n) is 2.22. The summed E-state index contributed by atoms with van der Waals surface area (Å²) in [5.41, 5.74) is 8.10. The van der Waals surface area contributed by atoms with E-state index in [0.717, 1.165) is 17.1 Å². The highest BCUT2D eigenvalue weighted by molar-refractivity contribution is 5.95. The molecule has 0 radical (unpaired) electrons. The smallest absolute Gasteiger partial charge is 0.129 e. The molecule has 26 heavy (non-hydrogen) atoms. The lowest BCUT2D eigenvalue weighted by atomic mass is 10.2. The van der Waals surface area contributed by atoms with Crippen molar-refractivity contribution in [2.75, 3.05) is 13.2 Å². The maximum atomic E-state index is 5.79. The lowest BCUT2D eigenvalue weighted by Crippen LogP contribution is -2.22. The van der Waals surface area contributed by atoms with Gasteiger partial charge in [0, 0.05) is 11.4 Å². The largest absolute Gasteiger partial charge is 0.492 e. The van der Waals surface area contributed by atoms with E-state index in [-0.39, 0.29) is 0 Å². The van der Waals surface area contributed by atoms with Crippen molar-refractivity contribution in [2.45, 2.75) is 13.8 Å². The molecule has 136 valence electrons. The standard InChI is InChI=1S/C21H25N3O2/c1-16(20-10-7-12-26-20)14-18(3)24-21(15-17(2)22)23-11-13-25-19-8-5-4-6-9-19/h4-10,12,14-15H,3,11,13,22H2,1-2H3,(H,23,24)/b16-14+,17-15-. The molecule has 1 heterocycles. The number of hydrogen-bond acceptors (Lipinski definition) is 4. The fourth-order valence-corrected chi connectivity index (χ4v) is 2.22. The Hall–Kier alpha value is -3.21. The topological polar surface area (TPSA) is 72.8 Å². The third-order valence-corrected chi connectivity index (χ3v) is 3.34. The van der Waals surface area contributed by atoms with E-state index in [9.17, 15) is 0 Å². The Morgan fingerprint density at radius 1 is 1.19 bits per heavy atom. The van der Waals surface area contributed by atoms with Gasteiger partial charge in [0.05, 0.1) is 12.8 Å². The van der Waals surface area contributed by atoms with Crippen molar-refractivity contribution in [1.82, 2.24) is 5.32 Å². The minimum Gasteiger partial charge on any atom is -0.492 e. The van der Waals surface area contributed by atoms with Crippen LogP contribution >= 0.6 is 0 Å². The Labute approximate surface area is 154 Å². The maximum absolute atomic E-state index is 5.79. The number of hydrogen-bond donors (Lipinski definition) is 2. The molecule has 5 nitrogen and oxygen atoms in total. The summed E-state index contributed by atoms with van der Waals surface area (Å²) in [6, 6.07) is 13.4. The van der Waals surface area contributed by atoms with Gasteiger partial charge in [0.1, 0.15) is 24.0 Å². The molecule has 0 aliphatic heterocycles. The second kappa shape index (κ2) is 9.93. The van der Waals surface area contributed by atoms with Gasteiger partial charge in [-0.05, 0) is 55.8 Å². The maximum Gasteiger partial charge on any atom is 0.129 e. The first-order valence-electron chi connectivity index (χ1n) is 8.39. The highest BCUT2D eigenvalue weighted by Gasteiger charge is 2.01. The summed E-state index contributed by atoms with van der Waals surface area (Å²) in [4.78, 5) is 4.50. The number of benzene rings is 1. The van der Waals surface area contributed by atoms with Crippen LogP contribution in [-0.2, 0) is 0 Å². The van der Waals surface area contributed by atoms with Crippen molar-refractivity contribution in [3.05, 3.63) is 84.6 Å². The normalized spacial score (nSPS) is 12.8. The SMILES string of the molecule is C=C(/C=C(\C)c1ccco1)NC(/C=C(/C)N)=NCCOc1ccccc1. The van der Waals surface area contributed by atoms with Crippen LogP contribution in [0.2, 0.25) is 0 Å². The number of rotatable bonds is 8. The molecule has 0 amide bonds. The van der Waals surface area contributed by atoms with E-state index in [2.05, 4.69) is 16.9 Å². The Morgan fingerprint density at radius 2 is 1.96 bits per heavy atom. The molecule has 1 aromatic carbocycles. The number of amidine groups is 1. The second-order valence-corrected chi connectivity index (χ2v) is 5.77. The van der Waals surface area contributed by atoms with E-state index in [1.165, 1.54) is 0 Å². The first kappa shape index (κ1) is 19.1. The van der Waals surface area contributed by atoms with E-state index in [1.54, 1.807) is 12.3 Å². The number of para-hydroxylation sites is 1. The summed E-state index contributed by atoms with van der Waals surface area (Å²) in [5.74, 6) is 2.26. The summed E-state index contributed by atoms with van der Waals surface area (Å²) >= 11 is 0. The highest BCUT2D eigenvalue weighted by Crippen LogP contribution is 2.15. The van der Waals surface area contributed by atoms with Crippen LogP contribution in [0, 0.1) is 0 Å². The van der Waals surface area contributed by atoms with Gasteiger partial charge in [-0.2, -0.15) is 0 Å². The summed E-state index contributed by atoms with van der Waals surface area (Å²) in [6.45, 7) is 8.75. The molecule has 0 unspecified atom stereocenters. The van der Waals surface area contributed by atoms with E-state index >= 15 is 0 Å². The van der Waals surface area contributed by atoms with Crippen molar-refractivity contribution in [3.8, 4) is 5.75 Å². The zero-order valence-electron chi connectivity index (χ0n) is 15.2. The average molecular weight is 351 g/mol. The fraction of sp³-hybridized carbons (Fsp3) is 0.190. The minimum absolute atomic E-state index is 0.473. The third-order valence-electron chi connectivity index (χ3n) is 3.34. The second-order valence-electron chi connectivity index (χ2n) is 5.77. The molecule has 0 aliphatic rings. The zero-order chi connectivity index (χ0) is 18.8. The average Bonchev–Trinajstić information content (AvgIpc) is 3.13. The van der Waals surface area contributed by atoms with Gasteiger partial charge >= 0.3 is 0 Å². The quantitative estimate of drug-likeness (QED) is 0.325. The van der Waals surface area contributed by atoms with Crippen LogP contribution in [0.3, 0.4) is 0 Å². The van der Waals surface area contributed by atoms with Crippen LogP contribution in [0.4, 0.5) is 0 Å². The summed E-state index contributed by atoms with van der Waals surface area (Å²) in [5, 5.41) is 3.17. The van der Waals surface area contributed by atoms with Gasteiger partial charge in [0.15, 0.2) is 0 Å². The van der Waals surface area contributed by atoms with Gasteiger partial charge in [0.2, 0.25) is 0 Å². The summed E-state index contributed by atoms with van der Waals surface area (Å²) < 4.78 is 11.0. The van der Waals surface area contributed by atoms with E-state index < -0.39 is 0 Å². The summed E-state index contributed by atoms with van der Waals surface area (Å²) in [6.07, 6.45) is 5.31. The number of ether oxygens (including phenoxy) is 1. The van der Waals surface area contributed by atoms with E-state index in [0.29, 0.717) is 30.4 Å². The lowest BCUT2D eigenvalue weighted by Gasteiger charge is -2.09. The molecule has 2 rings (SSSR count). The van der Waals surface area contributed by atoms with Crippen molar-refractivity contribution >= 4 is 11.4 Å². The molecule has 0 saturated carbocycles. The van der Waals surface area contributed by atoms with E-state index in [1.807, 2.05) is 62.4 Å². The number of aliphatic imine (C=N–C) groups is 1. The Balaban J connectivity index is 1.94. The predicted octanol–water partition coefficient (Wildman–Crippen LogP) is 4.13. The Morgan fingerprint density at radius 3 is 2.62 bits per heavy atom. The van der Waals surface area contributed by atoms with Crippen LogP contribution in [0.1, 0.15) is 19.6 Å². The monoisotopic (exact) mass is 351 g/mol. The van der Waals surface area contributed by atoms with Gasteiger partial charge in [0.25, 0.3) is 0 Å². The molecule has 0 bridgehead atoms. The number of furan rings is 1. The number of nitrogens with two attached hydrogens (primary N) is 1. The predicted molar refractivity (Wildman–Crippen MR) is 107 cm³/mol. The van der Waals surface area contributed by atoms with Crippen LogP contribution in [0.25, 0.3) is 5.57 Å². The third kappa shape index (κ3) is 6.73. The van der Waals surface area contributed by atoms with Crippen molar-refractivity contribution in [1.29, 1.82) is 0 Å². The molecule has 5 heteroatoms. The highest BCUT2D eigenvalue weighted by atomic mass is 16.5. The number of nitrogens with one attached hydrogen (secondary N) is 1.